The van der Waals surface area contributed by atoms with E-state index in [9.17, 15) is 4.79 Å². The summed E-state index contributed by atoms with van der Waals surface area (Å²) in [7, 11) is 1.75. The summed E-state index contributed by atoms with van der Waals surface area (Å²) in [5.41, 5.74) is 0. The van der Waals surface area contributed by atoms with Gasteiger partial charge in [-0.05, 0) is 19.8 Å². The first kappa shape index (κ1) is 21.8. The highest BCUT2D eigenvalue weighted by Gasteiger charge is 2.06. The predicted molar refractivity (Wildman–Crippen MR) is 96.7 cm³/mol. The van der Waals surface area contributed by atoms with Crippen molar-refractivity contribution in [3.05, 3.63) is 0 Å². The number of carbonyl (C=O) groups excluding carboxylic acids is 1. The normalized spacial score (nSPS) is 11.2. The zero-order valence-corrected chi connectivity index (χ0v) is 15.8. The van der Waals surface area contributed by atoms with Crippen LogP contribution >= 0.6 is 24.0 Å². The standard InChI is InChI=1S/C14H30N4O.HI/c1-6-12(7-2)10-17-14(15-5)16-9-8-13(19)18-11(3)4;/h11-12H,6-10H2,1-5H3,(H,18,19)(H2,15,16,17);1H. The summed E-state index contributed by atoms with van der Waals surface area (Å²) in [5, 5.41) is 9.31. The lowest BCUT2D eigenvalue weighted by atomic mass is 10.0. The Bertz CT molecular complexity index is 278. The number of amides is 1. The van der Waals surface area contributed by atoms with Crippen LogP contribution in [0.25, 0.3) is 0 Å². The SMILES string of the molecule is CCC(CC)CNC(=NC)NCCC(=O)NC(C)C.I. The quantitative estimate of drug-likeness (QED) is 0.333. The van der Waals surface area contributed by atoms with Gasteiger partial charge in [0.15, 0.2) is 5.96 Å². The maximum Gasteiger partial charge on any atom is 0.221 e. The highest BCUT2D eigenvalue weighted by atomic mass is 127. The smallest absolute Gasteiger partial charge is 0.221 e. The molecule has 1 amide bonds. The highest BCUT2D eigenvalue weighted by Crippen LogP contribution is 2.04. The second-order valence-corrected chi connectivity index (χ2v) is 5.03. The lowest BCUT2D eigenvalue weighted by molar-refractivity contribution is -0.121. The molecule has 0 fully saturated rings. The molecular formula is C14H31IN4O. The summed E-state index contributed by atoms with van der Waals surface area (Å²) in [6.07, 6.45) is 2.79. The molecule has 3 N–H and O–H groups in total. The molecular weight excluding hydrogens is 367 g/mol. The molecule has 0 unspecified atom stereocenters. The van der Waals surface area contributed by atoms with Crippen LogP contribution in [-0.4, -0.2) is 38.0 Å². The predicted octanol–water partition coefficient (Wildman–Crippen LogP) is 2.12. The number of nitrogens with one attached hydrogen (secondary N) is 3. The zero-order valence-electron chi connectivity index (χ0n) is 13.5. The van der Waals surface area contributed by atoms with E-state index in [0.717, 1.165) is 25.3 Å². The van der Waals surface area contributed by atoms with E-state index in [1.54, 1.807) is 7.05 Å². The van der Waals surface area contributed by atoms with Gasteiger partial charge in [-0.1, -0.05) is 26.7 Å². The minimum atomic E-state index is 0. The van der Waals surface area contributed by atoms with E-state index in [1.807, 2.05) is 13.8 Å². The monoisotopic (exact) mass is 398 g/mol. The Morgan fingerprint density at radius 3 is 2.20 bits per heavy atom. The van der Waals surface area contributed by atoms with Gasteiger partial charge in [0.2, 0.25) is 5.91 Å². The zero-order chi connectivity index (χ0) is 14.7. The summed E-state index contributed by atoms with van der Waals surface area (Å²) in [5.74, 6) is 1.50. The van der Waals surface area contributed by atoms with E-state index in [4.69, 9.17) is 0 Å². The minimum absolute atomic E-state index is 0. The van der Waals surface area contributed by atoms with Crippen LogP contribution in [0.2, 0.25) is 0 Å². The third kappa shape index (κ3) is 11.3. The van der Waals surface area contributed by atoms with E-state index in [0.29, 0.717) is 18.9 Å². The van der Waals surface area contributed by atoms with Crippen molar-refractivity contribution in [3.8, 4) is 0 Å². The number of halogens is 1. The average Bonchev–Trinajstić information content (AvgIpc) is 2.36. The first-order valence-corrected chi connectivity index (χ1v) is 7.27. The van der Waals surface area contributed by atoms with E-state index in [1.165, 1.54) is 0 Å². The van der Waals surface area contributed by atoms with Gasteiger partial charge in [0.25, 0.3) is 0 Å². The van der Waals surface area contributed by atoms with Crippen molar-refractivity contribution >= 4 is 35.8 Å². The van der Waals surface area contributed by atoms with Crippen molar-refractivity contribution in [1.82, 2.24) is 16.0 Å². The van der Waals surface area contributed by atoms with Crippen LogP contribution < -0.4 is 16.0 Å². The van der Waals surface area contributed by atoms with Crippen molar-refractivity contribution in [2.24, 2.45) is 10.9 Å². The maximum absolute atomic E-state index is 11.5. The Labute approximate surface area is 140 Å². The van der Waals surface area contributed by atoms with E-state index in [-0.39, 0.29) is 35.9 Å². The van der Waals surface area contributed by atoms with E-state index < -0.39 is 0 Å². The molecule has 0 atom stereocenters. The molecule has 6 heteroatoms. The molecule has 0 aromatic carbocycles. The minimum Gasteiger partial charge on any atom is -0.356 e. The van der Waals surface area contributed by atoms with Gasteiger partial charge in [0.1, 0.15) is 0 Å². The Hall–Kier alpha value is -0.530. The van der Waals surface area contributed by atoms with Crippen molar-refractivity contribution in [2.75, 3.05) is 20.1 Å². The summed E-state index contributed by atoms with van der Waals surface area (Å²) < 4.78 is 0. The van der Waals surface area contributed by atoms with Crippen LogP contribution in [0.1, 0.15) is 47.0 Å². The molecule has 0 spiro atoms. The molecule has 20 heavy (non-hydrogen) atoms. The van der Waals surface area contributed by atoms with Crippen LogP contribution in [-0.2, 0) is 4.79 Å². The van der Waals surface area contributed by atoms with Crippen LogP contribution in [0.15, 0.2) is 4.99 Å². The highest BCUT2D eigenvalue weighted by molar-refractivity contribution is 14.0. The van der Waals surface area contributed by atoms with Crippen molar-refractivity contribution in [2.45, 2.75) is 53.0 Å². The topological polar surface area (TPSA) is 65.5 Å². The summed E-state index contributed by atoms with van der Waals surface area (Å²) >= 11 is 0. The molecule has 0 aromatic rings. The fraction of sp³-hybridized carbons (Fsp3) is 0.857. The number of hydrogen-bond donors (Lipinski definition) is 3. The molecule has 0 aromatic heterocycles. The van der Waals surface area contributed by atoms with Crippen LogP contribution in [0.4, 0.5) is 0 Å². The fourth-order valence-corrected chi connectivity index (χ4v) is 1.73. The number of nitrogens with zero attached hydrogens (tertiary/aromatic N) is 1. The molecule has 0 rings (SSSR count). The second-order valence-electron chi connectivity index (χ2n) is 5.03. The Morgan fingerprint density at radius 2 is 1.75 bits per heavy atom. The van der Waals surface area contributed by atoms with Gasteiger partial charge in [-0.2, -0.15) is 0 Å². The van der Waals surface area contributed by atoms with Crippen LogP contribution in [0, 0.1) is 5.92 Å². The number of rotatable bonds is 8. The van der Waals surface area contributed by atoms with Crippen molar-refractivity contribution < 1.29 is 4.79 Å². The summed E-state index contributed by atoms with van der Waals surface area (Å²) in [6, 6.07) is 0.194. The van der Waals surface area contributed by atoms with Crippen LogP contribution in [0.5, 0.6) is 0 Å². The molecule has 0 aliphatic heterocycles. The molecule has 0 aliphatic rings. The van der Waals surface area contributed by atoms with Crippen LogP contribution in [0.3, 0.4) is 0 Å². The van der Waals surface area contributed by atoms with Gasteiger partial charge in [-0.3, -0.25) is 9.79 Å². The summed E-state index contributed by atoms with van der Waals surface area (Å²) in [6.45, 7) is 9.83. The van der Waals surface area contributed by atoms with Gasteiger partial charge in [0, 0.05) is 32.6 Å². The number of carbonyl (C=O) groups is 1. The third-order valence-electron chi connectivity index (χ3n) is 3.03. The molecule has 0 saturated heterocycles. The lowest BCUT2D eigenvalue weighted by Crippen LogP contribution is -2.41. The summed E-state index contributed by atoms with van der Waals surface area (Å²) in [4.78, 5) is 15.6. The molecule has 0 aliphatic carbocycles. The third-order valence-corrected chi connectivity index (χ3v) is 3.03. The van der Waals surface area contributed by atoms with Crippen molar-refractivity contribution in [3.63, 3.8) is 0 Å². The second kappa shape index (κ2) is 13.5. The van der Waals surface area contributed by atoms with Crippen molar-refractivity contribution in [1.29, 1.82) is 0 Å². The Kier molecular flexibility index (Phi) is 14.6. The fourth-order valence-electron chi connectivity index (χ4n) is 1.73. The Balaban J connectivity index is 0. The van der Waals surface area contributed by atoms with Gasteiger partial charge < -0.3 is 16.0 Å². The Morgan fingerprint density at radius 1 is 1.15 bits per heavy atom. The van der Waals surface area contributed by atoms with Gasteiger partial charge in [0.05, 0.1) is 0 Å². The van der Waals surface area contributed by atoms with Gasteiger partial charge >= 0.3 is 0 Å². The first-order chi connectivity index (χ1) is 9.03. The van der Waals surface area contributed by atoms with E-state index >= 15 is 0 Å². The average molecular weight is 398 g/mol. The molecule has 0 bridgehead atoms. The number of guanidine groups is 1. The number of aliphatic imine (C=N–C) groups is 1. The van der Waals surface area contributed by atoms with Gasteiger partial charge in [-0.15, -0.1) is 24.0 Å². The first-order valence-electron chi connectivity index (χ1n) is 7.27. The molecule has 5 nitrogen and oxygen atoms in total. The molecule has 120 valence electrons. The van der Waals surface area contributed by atoms with E-state index in [2.05, 4.69) is 34.8 Å². The molecule has 0 heterocycles. The molecule has 0 radical (unpaired) electrons. The number of hydrogen-bond acceptors (Lipinski definition) is 2. The van der Waals surface area contributed by atoms with Gasteiger partial charge in [-0.25, -0.2) is 0 Å². The molecule has 0 saturated carbocycles. The lowest BCUT2D eigenvalue weighted by Gasteiger charge is -2.16. The maximum atomic E-state index is 11.5. The largest absolute Gasteiger partial charge is 0.356 e.